The molecule has 0 saturated heterocycles. The van der Waals surface area contributed by atoms with E-state index in [1.54, 1.807) is 0 Å². The van der Waals surface area contributed by atoms with Gasteiger partial charge in [-0.05, 0) is 115 Å². The maximum atomic E-state index is 2.51. The fraction of sp³-hybridized carbons (Fsp3) is 0.189. The number of anilines is 6. The molecule has 0 atom stereocenters. The van der Waals surface area contributed by atoms with E-state index in [9.17, 15) is 0 Å². The topological polar surface area (TPSA) is 6.48 Å². The molecule has 7 rings (SSSR count). The predicted octanol–water partition coefficient (Wildman–Crippen LogP) is 8.13. The molecule has 5 aromatic rings. The van der Waals surface area contributed by atoms with Gasteiger partial charge in [-0.3, -0.25) is 0 Å². The number of nitrogens with zero attached hydrogens (tertiary/aromatic N) is 2. The fourth-order valence-corrected chi connectivity index (χ4v) is 6.51. The highest BCUT2D eigenvalue weighted by Crippen LogP contribution is 2.45. The summed E-state index contributed by atoms with van der Waals surface area (Å²) in [6, 6.07) is 36.9. The van der Waals surface area contributed by atoms with E-state index in [1.807, 2.05) is 0 Å². The van der Waals surface area contributed by atoms with E-state index in [2.05, 4.69) is 148 Å². The van der Waals surface area contributed by atoms with E-state index in [0.717, 1.165) is 0 Å². The van der Waals surface area contributed by atoms with Gasteiger partial charge >= 0.3 is 0 Å². The number of hydrogen-bond acceptors (Lipinski definition) is 2. The molecule has 0 N–H and O–H groups in total. The zero-order valence-electron chi connectivity index (χ0n) is 24.3. The molecule has 2 aliphatic rings. The highest BCUT2D eigenvalue weighted by atomic mass is 15.2. The first-order chi connectivity index (χ1) is 19.3. The number of fused-ring (bicyclic) bond motifs is 4. The van der Waals surface area contributed by atoms with Crippen molar-refractivity contribution in [2.75, 3.05) is 9.80 Å². The maximum absolute atomic E-state index is 2.51. The summed E-state index contributed by atoms with van der Waals surface area (Å²) in [5, 5.41) is 0. The Hall–Kier alpha value is -4.24. The molecular weight excluding hydrogens is 483 g/mol. The zero-order valence-corrected chi connectivity index (χ0v) is 24.3. The van der Waals surface area contributed by atoms with Crippen LogP contribution in [0, 0.1) is 27.7 Å². The molecule has 0 aromatic heterocycles. The van der Waals surface area contributed by atoms with Gasteiger partial charge < -0.3 is 9.80 Å². The molecule has 0 aliphatic carbocycles. The monoisotopic (exact) mass is 518 g/mol. The van der Waals surface area contributed by atoms with Gasteiger partial charge in [0, 0.05) is 34.1 Å². The van der Waals surface area contributed by atoms with Crippen LogP contribution in [0.4, 0.5) is 34.1 Å². The molecule has 196 valence electrons. The minimum atomic E-state index is 0.167. The summed E-state index contributed by atoms with van der Waals surface area (Å²) in [5.41, 5.74) is 18.1. The Bertz CT molecular complexity index is 1640. The molecule has 0 fully saturated rings. The molecule has 2 aliphatic heterocycles. The summed E-state index contributed by atoms with van der Waals surface area (Å²) in [6.07, 6.45) is 0. The van der Waals surface area contributed by atoms with Crippen molar-refractivity contribution in [3.8, 4) is 0 Å². The summed E-state index contributed by atoms with van der Waals surface area (Å²) in [6.45, 7) is 13.5. The lowest BCUT2D eigenvalue weighted by Crippen LogP contribution is -2.61. The molecule has 0 amide bonds. The van der Waals surface area contributed by atoms with Crippen molar-refractivity contribution in [1.82, 2.24) is 0 Å². The van der Waals surface area contributed by atoms with Gasteiger partial charge in [0.1, 0.15) is 0 Å². The van der Waals surface area contributed by atoms with Crippen molar-refractivity contribution in [2.24, 2.45) is 0 Å². The van der Waals surface area contributed by atoms with Crippen LogP contribution in [-0.4, -0.2) is 6.71 Å². The number of hydrogen-bond donors (Lipinski definition) is 0. The van der Waals surface area contributed by atoms with Crippen LogP contribution in [-0.2, 0) is 0 Å². The normalized spacial score (nSPS) is 13.3. The molecule has 0 unspecified atom stereocenters. The van der Waals surface area contributed by atoms with E-state index >= 15 is 0 Å². The molecular formula is C37H35BN2. The Morgan fingerprint density at radius 2 is 0.875 bits per heavy atom. The second kappa shape index (κ2) is 9.16. The van der Waals surface area contributed by atoms with Crippen molar-refractivity contribution < 1.29 is 0 Å². The first kappa shape index (κ1) is 24.8. The van der Waals surface area contributed by atoms with Gasteiger partial charge in [0.15, 0.2) is 0 Å². The van der Waals surface area contributed by atoms with Crippen molar-refractivity contribution in [3.63, 3.8) is 0 Å². The highest BCUT2D eigenvalue weighted by molar-refractivity contribution is 7.00. The molecule has 5 aromatic carbocycles. The second-order valence-corrected chi connectivity index (χ2v) is 12.0. The SMILES string of the molecule is Cc1ccc(N2c3cc(C)ccc3B3c4ccc(C)cc4N(c4ccc(C)cc4)c4cc(C(C)C)cc2c43)cc1. The first-order valence-corrected chi connectivity index (χ1v) is 14.4. The van der Waals surface area contributed by atoms with Gasteiger partial charge in [-0.25, -0.2) is 0 Å². The number of aryl methyl sites for hydroxylation is 4. The lowest BCUT2D eigenvalue weighted by atomic mass is 9.33. The van der Waals surface area contributed by atoms with Crippen molar-refractivity contribution in [2.45, 2.75) is 47.5 Å². The molecule has 0 spiro atoms. The Kier molecular flexibility index (Phi) is 5.68. The van der Waals surface area contributed by atoms with E-state index in [-0.39, 0.29) is 6.71 Å². The van der Waals surface area contributed by atoms with Crippen LogP contribution in [0.1, 0.15) is 47.6 Å². The second-order valence-electron chi connectivity index (χ2n) is 12.0. The lowest BCUT2D eigenvalue weighted by Gasteiger charge is -2.44. The fourth-order valence-electron chi connectivity index (χ4n) is 6.51. The molecule has 2 nitrogen and oxygen atoms in total. The van der Waals surface area contributed by atoms with Crippen LogP contribution < -0.4 is 26.2 Å². The number of benzene rings is 5. The summed E-state index contributed by atoms with van der Waals surface area (Å²) < 4.78 is 0. The molecule has 2 heterocycles. The summed E-state index contributed by atoms with van der Waals surface area (Å²) in [4.78, 5) is 5.02. The molecule has 0 bridgehead atoms. The summed E-state index contributed by atoms with van der Waals surface area (Å²) in [5.74, 6) is 0.401. The van der Waals surface area contributed by atoms with E-state index in [1.165, 1.54) is 78.3 Å². The van der Waals surface area contributed by atoms with Gasteiger partial charge in [-0.2, -0.15) is 0 Å². The summed E-state index contributed by atoms with van der Waals surface area (Å²) >= 11 is 0. The van der Waals surface area contributed by atoms with Gasteiger partial charge in [-0.1, -0.05) is 73.5 Å². The van der Waals surface area contributed by atoms with Crippen LogP contribution in [0.15, 0.2) is 97.1 Å². The Labute approximate surface area is 239 Å². The minimum absolute atomic E-state index is 0.167. The quantitative estimate of drug-likeness (QED) is 0.218. The van der Waals surface area contributed by atoms with Crippen LogP contribution >= 0.6 is 0 Å². The van der Waals surface area contributed by atoms with Gasteiger partial charge in [0.05, 0.1) is 0 Å². The maximum Gasteiger partial charge on any atom is 0.252 e. The standard InChI is InChI=1S/C37H35BN2/c1-23(2)28-21-35-37-36(22-28)40(30-15-9-25(4)10-16-30)34-20-27(6)12-18-32(34)38(37)31-17-11-26(5)19-33(31)39(35)29-13-7-24(3)8-14-29/h7-23H,1-6H3. The molecule has 0 saturated carbocycles. The highest BCUT2D eigenvalue weighted by Gasteiger charge is 2.43. The zero-order chi connectivity index (χ0) is 27.7. The van der Waals surface area contributed by atoms with Crippen LogP contribution in [0.5, 0.6) is 0 Å². The Morgan fingerprint density at radius 1 is 0.475 bits per heavy atom. The van der Waals surface area contributed by atoms with Crippen LogP contribution in [0.3, 0.4) is 0 Å². The smallest absolute Gasteiger partial charge is 0.252 e. The Balaban J connectivity index is 1.61. The average Bonchev–Trinajstić information content (AvgIpc) is 2.94. The summed E-state index contributed by atoms with van der Waals surface area (Å²) in [7, 11) is 0. The predicted molar refractivity (Wildman–Crippen MR) is 174 cm³/mol. The first-order valence-electron chi connectivity index (χ1n) is 14.4. The van der Waals surface area contributed by atoms with Crippen LogP contribution in [0.25, 0.3) is 0 Å². The van der Waals surface area contributed by atoms with E-state index < -0.39 is 0 Å². The van der Waals surface area contributed by atoms with Gasteiger partial charge in [0.2, 0.25) is 0 Å². The number of rotatable bonds is 3. The Morgan fingerprint density at radius 3 is 1.27 bits per heavy atom. The van der Waals surface area contributed by atoms with E-state index in [4.69, 9.17) is 0 Å². The van der Waals surface area contributed by atoms with Crippen molar-refractivity contribution >= 4 is 57.2 Å². The molecule has 0 radical (unpaired) electrons. The van der Waals surface area contributed by atoms with Gasteiger partial charge in [0.25, 0.3) is 6.71 Å². The average molecular weight is 519 g/mol. The third kappa shape index (κ3) is 3.79. The molecule has 40 heavy (non-hydrogen) atoms. The molecule has 3 heteroatoms. The third-order valence-electron chi connectivity index (χ3n) is 8.66. The largest absolute Gasteiger partial charge is 0.311 e. The third-order valence-corrected chi connectivity index (χ3v) is 8.66. The van der Waals surface area contributed by atoms with Crippen molar-refractivity contribution in [3.05, 3.63) is 125 Å². The van der Waals surface area contributed by atoms with Crippen molar-refractivity contribution in [1.29, 1.82) is 0 Å². The minimum Gasteiger partial charge on any atom is -0.311 e. The van der Waals surface area contributed by atoms with Crippen LogP contribution in [0.2, 0.25) is 0 Å². The van der Waals surface area contributed by atoms with E-state index in [0.29, 0.717) is 5.92 Å². The van der Waals surface area contributed by atoms with Gasteiger partial charge in [-0.15, -0.1) is 0 Å². The lowest BCUT2D eigenvalue weighted by molar-refractivity contribution is 0.866.